The van der Waals surface area contributed by atoms with Crippen LogP contribution in [0.1, 0.15) is 29.5 Å². The van der Waals surface area contributed by atoms with E-state index < -0.39 is 0 Å². The molecular weight excluding hydrogens is 348 g/mol. The number of carbonyl (C=O) groups is 1. The molecule has 2 aromatic carbocycles. The molecule has 0 fully saturated rings. The number of amides is 1. The third-order valence-corrected chi connectivity index (χ3v) is 4.68. The van der Waals surface area contributed by atoms with E-state index >= 15 is 0 Å². The summed E-state index contributed by atoms with van der Waals surface area (Å²) in [6.07, 6.45) is 3.18. The Kier molecular flexibility index (Phi) is 6.64. The van der Waals surface area contributed by atoms with E-state index in [2.05, 4.69) is 11.4 Å². The van der Waals surface area contributed by atoms with Crippen molar-refractivity contribution < 1.29 is 4.79 Å². The molecule has 1 amide bonds. The smallest absolute Gasteiger partial charge is 0.227 e. The van der Waals surface area contributed by atoms with Gasteiger partial charge in [0.15, 0.2) is 0 Å². The number of hydrogen-bond acceptors (Lipinski definition) is 3. The fourth-order valence-electron chi connectivity index (χ4n) is 3.25. The number of nitrogens with zero attached hydrogens (tertiary/aromatic N) is 1. The van der Waals surface area contributed by atoms with E-state index in [-0.39, 0.29) is 24.1 Å². The first-order valence-electron chi connectivity index (χ1n) is 8.63. The normalized spacial score (nSPS) is 12.7. The highest BCUT2D eigenvalue weighted by atomic mass is 35.5. The SMILES string of the molecule is CNc1ccc2c(c1)CCCN2C(=O)CCc1ccc(C(=N)N)cc1.Cl. The van der Waals surface area contributed by atoms with Gasteiger partial charge in [0.2, 0.25) is 5.91 Å². The van der Waals surface area contributed by atoms with Crippen LogP contribution in [0.3, 0.4) is 0 Å². The second-order valence-corrected chi connectivity index (χ2v) is 6.35. The van der Waals surface area contributed by atoms with E-state index in [0.717, 1.165) is 36.3 Å². The number of aryl methyl sites for hydroxylation is 2. The Morgan fingerprint density at radius 2 is 1.96 bits per heavy atom. The summed E-state index contributed by atoms with van der Waals surface area (Å²) in [5.74, 6) is 0.224. The monoisotopic (exact) mass is 372 g/mol. The second kappa shape index (κ2) is 8.72. The number of rotatable bonds is 5. The highest BCUT2D eigenvalue weighted by Crippen LogP contribution is 2.30. The summed E-state index contributed by atoms with van der Waals surface area (Å²) in [6.45, 7) is 0.786. The van der Waals surface area contributed by atoms with Gasteiger partial charge in [-0.2, -0.15) is 0 Å². The summed E-state index contributed by atoms with van der Waals surface area (Å²) in [5.41, 5.74) is 10.6. The minimum Gasteiger partial charge on any atom is -0.388 e. The van der Waals surface area contributed by atoms with Gasteiger partial charge in [0, 0.05) is 37.0 Å². The standard InChI is InChI=1S/C20H24N4O.ClH/c1-23-17-9-10-18-16(13-17)3-2-12-24(18)19(25)11-6-14-4-7-15(8-5-14)20(21)22;/h4-5,7-10,13,23H,2-3,6,11-12H2,1H3,(H3,21,22);1H. The van der Waals surface area contributed by atoms with Gasteiger partial charge in [-0.05, 0) is 48.6 Å². The number of anilines is 2. The topological polar surface area (TPSA) is 82.2 Å². The molecule has 2 aromatic rings. The van der Waals surface area contributed by atoms with Crippen molar-refractivity contribution in [1.29, 1.82) is 5.41 Å². The molecule has 0 unspecified atom stereocenters. The van der Waals surface area contributed by atoms with Gasteiger partial charge in [-0.1, -0.05) is 24.3 Å². The van der Waals surface area contributed by atoms with E-state index in [1.807, 2.05) is 48.3 Å². The van der Waals surface area contributed by atoms with Crippen molar-refractivity contribution in [3.8, 4) is 0 Å². The van der Waals surface area contributed by atoms with Gasteiger partial charge in [0.25, 0.3) is 0 Å². The molecule has 0 radical (unpaired) electrons. The molecule has 1 heterocycles. The van der Waals surface area contributed by atoms with Crippen molar-refractivity contribution in [2.45, 2.75) is 25.7 Å². The number of carbonyl (C=O) groups excluding carboxylic acids is 1. The number of halogens is 1. The molecule has 0 aromatic heterocycles. The quantitative estimate of drug-likeness (QED) is 0.556. The number of fused-ring (bicyclic) bond motifs is 1. The zero-order valence-corrected chi connectivity index (χ0v) is 15.7. The Bertz CT molecular complexity index is 789. The van der Waals surface area contributed by atoms with Gasteiger partial charge in [0.1, 0.15) is 5.84 Å². The van der Waals surface area contributed by atoms with Crippen LogP contribution in [0.2, 0.25) is 0 Å². The number of benzene rings is 2. The number of nitrogens with one attached hydrogen (secondary N) is 2. The average Bonchev–Trinajstić information content (AvgIpc) is 2.65. The van der Waals surface area contributed by atoms with Crippen molar-refractivity contribution in [3.05, 3.63) is 59.2 Å². The van der Waals surface area contributed by atoms with Crippen molar-refractivity contribution >= 4 is 35.5 Å². The predicted octanol–water partition coefficient (Wildman–Crippen LogP) is 3.35. The molecule has 1 aliphatic rings. The largest absolute Gasteiger partial charge is 0.388 e. The molecule has 3 rings (SSSR count). The fourth-order valence-corrected chi connectivity index (χ4v) is 3.25. The second-order valence-electron chi connectivity index (χ2n) is 6.35. The molecule has 0 spiro atoms. The maximum atomic E-state index is 12.7. The molecule has 1 aliphatic heterocycles. The van der Waals surface area contributed by atoms with Gasteiger partial charge in [-0.15, -0.1) is 12.4 Å². The lowest BCUT2D eigenvalue weighted by molar-refractivity contribution is -0.118. The minimum atomic E-state index is 0. The van der Waals surface area contributed by atoms with Gasteiger partial charge in [-0.3, -0.25) is 10.2 Å². The lowest BCUT2D eigenvalue weighted by Gasteiger charge is -2.30. The Hall–Kier alpha value is -2.53. The Balaban J connectivity index is 0.00000243. The first-order valence-corrected chi connectivity index (χ1v) is 8.63. The lowest BCUT2D eigenvalue weighted by Crippen LogP contribution is -2.35. The molecule has 26 heavy (non-hydrogen) atoms. The third-order valence-electron chi connectivity index (χ3n) is 4.68. The number of nitrogens with two attached hydrogens (primary N) is 1. The van der Waals surface area contributed by atoms with Crippen LogP contribution in [-0.2, 0) is 17.6 Å². The molecule has 0 saturated heterocycles. The molecule has 0 aliphatic carbocycles. The molecular formula is C20H25ClN4O. The average molecular weight is 373 g/mol. The van der Waals surface area contributed by atoms with Crippen LogP contribution in [0.5, 0.6) is 0 Å². The van der Waals surface area contributed by atoms with Crippen LogP contribution in [0.25, 0.3) is 0 Å². The molecule has 0 atom stereocenters. The van der Waals surface area contributed by atoms with Crippen molar-refractivity contribution in [1.82, 2.24) is 0 Å². The highest BCUT2D eigenvalue weighted by molar-refractivity contribution is 5.95. The van der Waals surface area contributed by atoms with Crippen LogP contribution in [0.4, 0.5) is 11.4 Å². The summed E-state index contributed by atoms with van der Waals surface area (Å²) < 4.78 is 0. The summed E-state index contributed by atoms with van der Waals surface area (Å²) in [7, 11) is 1.91. The van der Waals surface area contributed by atoms with E-state index in [9.17, 15) is 4.79 Å². The third kappa shape index (κ3) is 4.35. The summed E-state index contributed by atoms with van der Waals surface area (Å²) >= 11 is 0. The summed E-state index contributed by atoms with van der Waals surface area (Å²) in [5, 5.41) is 10.6. The Morgan fingerprint density at radius 1 is 1.23 bits per heavy atom. The molecule has 5 nitrogen and oxygen atoms in total. The molecule has 0 bridgehead atoms. The zero-order chi connectivity index (χ0) is 17.8. The van der Waals surface area contributed by atoms with Gasteiger partial charge in [-0.25, -0.2) is 0 Å². The maximum Gasteiger partial charge on any atom is 0.227 e. The van der Waals surface area contributed by atoms with Crippen LogP contribution in [0.15, 0.2) is 42.5 Å². The first kappa shape index (κ1) is 19.8. The zero-order valence-electron chi connectivity index (χ0n) is 14.9. The van der Waals surface area contributed by atoms with Crippen LogP contribution in [0, 0.1) is 5.41 Å². The molecule has 6 heteroatoms. The number of hydrogen-bond donors (Lipinski definition) is 3. The van der Waals surface area contributed by atoms with Crippen LogP contribution < -0.4 is 16.0 Å². The lowest BCUT2D eigenvalue weighted by atomic mass is 10.00. The van der Waals surface area contributed by atoms with Crippen molar-refractivity contribution in [2.24, 2.45) is 5.73 Å². The Morgan fingerprint density at radius 3 is 2.62 bits per heavy atom. The van der Waals surface area contributed by atoms with E-state index in [1.165, 1.54) is 5.56 Å². The highest BCUT2D eigenvalue weighted by Gasteiger charge is 2.22. The van der Waals surface area contributed by atoms with Gasteiger partial charge in [0.05, 0.1) is 0 Å². The number of nitrogen functional groups attached to an aromatic ring is 1. The van der Waals surface area contributed by atoms with E-state index in [0.29, 0.717) is 18.4 Å². The van der Waals surface area contributed by atoms with Crippen molar-refractivity contribution in [2.75, 3.05) is 23.8 Å². The predicted molar refractivity (Wildman–Crippen MR) is 110 cm³/mol. The maximum absolute atomic E-state index is 12.7. The first-order chi connectivity index (χ1) is 12.1. The fraction of sp³-hybridized carbons (Fsp3) is 0.300. The van der Waals surface area contributed by atoms with Gasteiger partial charge >= 0.3 is 0 Å². The molecule has 4 N–H and O–H groups in total. The van der Waals surface area contributed by atoms with Crippen LogP contribution in [-0.4, -0.2) is 25.3 Å². The van der Waals surface area contributed by atoms with Crippen LogP contribution >= 0.6 is 12.4 Å². The van der Waals surface area contributed by atoms with Crippen molar-refractivity contribution in [3.63, 3.8) is 0 Å². The van der Waals surface area contributed by atoms with E-state index in [4.69, 9.17) is 11.1 Å². The van der Waals surface area contributed by atoms with E-state index in [1.54, 1.807) is 0 Å². The summed E-state index contributed by atoms with van der Waals surface area (Å²) in [4.78, 5) is 14.6. The minimum absolute atomic E-state index is 0. The molecule has 138 valence electrons. The Labute approximate surface area is 160 Å². The number of amidine groups is 1. The summed E-state index contributed by atoms with van der Waals surface area (Å²) in [6, 6.07) is 13.7. The molecule has 0 saturated carbocycles. The van der Waals surface area contributed by atoms with Gasteiger partial charge < -0.3 is 16.0 Å².